The topological polar surface area (TPSA) is 116 Å². The van der Waals surface area contributed by atoms with Gasteiger partial charge in [-0.15, -0.1) is 0 Å². The van der Waals surface area contributed by atoms with Gasteiger partial charge in [-0.3, -0.25) is 4.68 Å². The lowest BCUT2D eigenvalue weighted by molar-refractivity contribution is 0.0747. The van der Waals surface area contributed by atoms with Crippen molar-refractivity contribution in [2.75, 3.05) is 19.6 Å². The van der Waals surface area contributed by atoms with Crippen LogP contribution in [0.2, 0.25) is 0 Å². The maximum Gasteiger partial charge on any atom is 0.141 e. The molecule has 3 aromatic heterocycles. The second-order valence-electron chi connectivity index (χ2n) is 7.68. The lowest BCUT2D eigenvalue weighted by atomic mass is 9.89. The highest BCUT2D eigenvalue weighted by atomic mass is 32.2. The molecule has 10 heteroatoms. The molecule has 2 fully saturated rings. The smallest absolute Gasteiger partial charge is 0.141 e. The normalized spacial score (nSPS) is 20.7. The van der Waals surface area contributed by atoms with Crippen LogP contribution in [0.3, 0.4) is 0 Å². The van der Waals surface area contributed by atoms with Crippen LogP contribution in [-0.4, -0.2) is 58.1 Å². The van der Waals surface area contributed by atoms with Crippen molar-refractivity contribution in [3.63, 3.8) is 0 Å². The number of nitrogens with zero attached hydrogens (tertiary/aromatic N) is 7. The van der Waals surface area contributed by atoms with E-state index in [9.17, 15) is 9.47 Å². The summed E-state index contributed by atoms with van der Waals surface area (Å²) in [5, 5.41) is 15.1. The number of fused-ring (bicyclic) bond motifs is 1. The van der Waals surface area contributed by atoms with Gasteiger partial charge in [-0.2, -0.15) is 10.4 Å². The van der Waals surface area contributed by atoms with Gasteiger partial charge >= 0.3 is 0 Å². The quantitative estimate of drug-likeness (QED) is 0.669. The molecule has 1 aliphatic carbocycles. The first-order valence-electron chi connectivity index (χ1n) is 9.77. The Labute approximate surface area is 169 Å². The molecule has 0 radical (unpaired) electrons. The van der Waals surface area contributed by atoms with Crippen LogP contribution in [-0.2, 0) is 15.5 Å². The van der Waals surface area contributed by atoms with Gasteiger partial charge in [0.15, 0.2) is 0 Å². The fourth-order valence-electron chi connectivity index (χ4n) is 4.04. The predicted octanol–water partition coefficient (Wildman–Crippen LogP) is 2.31. The minimum Gasteiger partial charge on any atom is -0.346 e. The fraction of sp³-hybridized carbons (Fsp3) is 0.474. The van der Waals surface area contributed by atoms with Crippen LogP contribution in [0.25, 0.3) is 22.3 Å². The molecule has 0 amide bonds. The van der Waals surface area contributed by atoms with Crippen LogP contribution in [0.1, 0.15) is 26.2 Å². The first-order valence-corrected chi connectivity index (χ1v) is 11.3. The molecule has 1 saturated heterocycles. The molecule has 1 N–H and O–H groups in total. The van der Waals surface area contributed by atoms with Gasteiger partial charge < -0.3 is 4.98 Å². The standard InChI is InChI=1S/C19H22N8OS/c1-2-25-29(28,15-3-4-15)26-11-19(12-26,6-7-20)27-10-14(9-24-27)17-16-5-8-21-18(16)23-13-22-17/h5,8-10,13,15H,2-4,6,11-12H2,1H3,(H,21,22,23)/t29-/m0/s1. The third-order valence-electron chi connectivity index (χ3n) is 5.69. The number of nitriles is 1. The first-order chi connectivity index (χ1) is 14.1. The van der Waals surface area contributed by atoms with Crippen LogP contribution in [0.5, 0.6) is 0 Å². The monoisotopic (exact) mass is 410 g/mol. The van der Waals surface area contributed by atoms with Gasteiger partial charge in [-0.05, 0) is 25.8 Å². The molecule has 150 valence electrons. The average Bonchev–Trinajstić information content (AvgIpc) is 3.24. The summed E-state index contributed by atoms with van der Waals surface area (Å²) in [5.41, 5.74) is 1.95. The van der Waals surface area contributed by atoms with Crippen molar-refractivity contribution in [3.8, 4) is 17.3 Å². The van der Waals surface area contributed by atoms with Gasteiger partial charge in [0.1, 0.15) is 27.4 Å². The van der Waals surface area contributed by atoms with Gasteiger partial charge in [0.2, 0.25) is 0 Å². The zero-order chi connectivity index (χ0) is 20.1. The van der Waals surface area contributed by atoms with Crippen molar-refractivity contribution in [1.82, 2.24) is 29.0 Å². The largest absolute Gasteiger partial charge is 0.346 e. The minimum absolute atomic E-state index is 0.165. The molecule has 3 aromatic rings. The molecule has 5 rings (SSSR count). The van der Waals surface area contributed by atoms with Crippen LogP contribution >= 0.6 is 0 Å². The average molecular weight is 411 g/mol. The van der Waals surface area contributed by atoms with Crippen LogP contribution < -0.4 is 0 Å². The molecule has 0 spiro atoms. The Hall–Kier alpha value is -2.77. The van der Waals surface area contributed by atoms with E-state index < -0.39 is 15.5 Å². The Kier molecular flexibility index (Phi) is 4.18. The molecule has 1 aliphatic heterocycles. The van der Waals surface area contributed by atoms with Crippen molar-refractivity contribution >= 4 is 20.9 Å². The lowest BCUT2D eigenvalue weighted by Crippen LogP contribution is -2.64. The summed E-state index contributed by atoms with van der Waals surface area (Å²) in [6.07, 6.45) is 9.30. The van der Waals surface area contributed by atoms with Crippen molar-refractivity contribution in [2.24, 2.45) is 4.36 Å². The van der Waals surface area contributed by atoms with E-state index in [4.69, 9.17) is 0 Å². The van der Waals surface area contributed by atoms with Gasteiger partial charge in [0.25, 0.3) is 0 Å². The summed E-state index contributed by atoms with van der Waals surface area (Å²) in [5.74, 6) is 0. The SMILES string of the molecule is CCN=[S@@](=O)(C1CC1)N1CC(CC#N)(n2cc(-c3ncnc4[nH]ccc34)cn2)C1. The molecule has 1 atom stereocenters. The maximum absolute atomic E-state index is 13.4. The fourth-order valence-corrected chi connectivity index (χ4v) is 6.81. The van der Waals surface area contributed by atoms with Gasteiger partial charge in [-0.25, -0.2) is 22.8 Å². The summed E-state index contributed by atoms with van der Waals surface area (Å²) >= 11 is 0. The Balaban J connectivity index is 1.47. The predicted molar refractivity (Wildman–Crippen MR) is 109 cm³/mol. The van der Waals surface area contributed by atoms with Gasteiger partial charge in [0.05, 0.1) is 29.6 Å². The van der Waals surface area contributed by atoms with E-state index in [2.05, 4.69) is 30.5 Å². The third kappa shape index (κ3) is 2.84. The first kappa shape index (κ1) is 18.3. The summed E-state index contributed by atoms with van der Waals surface area (Å²) in [4.78, 5) is 11.7. The number of H-pyrrole nitrogens is 1. The number of aromatic amines is 1. The Morgan fingerprint density at radius 3 is 2.97 bits per heavy atom. The van der Waals surface area contributed by atoms with Crippen LogP contribution in [0, 0.1) is 11.3 Å². The second-order valence-corrected chi connectivity index (χ2v) is 10.2. The second kappa shape index (κ2) is 6.64. The van der Waals surface area contributed by atoms with E-state index in [-0.39, 0.29) is 5.25 Å². The van der Waals surface area contributed by atoms with Gasteiger partial charge in [-0.1, -0.05) is 0 Å². The number of rotatable bonds is 6. The number of aromatic nitrogens is 5. The van der Waals surface area contributed by atoms with E-state index in [1.807, 2.05) is 34.4 Å². The minimum atomic E-state index is -2.37. The Bertz CT molecular complexity index is 1220. The van der Waals surface area contributed by atoms with E-state index in [1.54, 1.807) is 6.20 Å². The Morgan fingerprint density at radius 2 is 2.24 bits per heavy atom. The molecule has 0 unspecified atom stereocenters. The molecule has 9 nitrogen and oxygen atoms in total. The third-order valence-corrected chi connectivity index (χ3v) is 8.65. The van der Waals surface area contributed by atoms with Crippen molar-refractivity contribution in [2.45, 2.75) is 37.0 Å². The number of hydrogen-bond acceptors (Lipinski definition) is 6. The summed E-state index contributed by atoms with van der Waals surface area (Å²) in [7, 11) is -2.37. The zero-order valence-electron chi connectivity index (χ0n) is 16.2. The van der Waals surface area contributed by atoms with Crippen molar-refractivity contribution in [1.29, 1.82) is 5.26 Å². The molecular weight excluding hydrogens is 388 g/mol. The summed E-state index contributed by atoms with van der Waals surface area (Å²) in [6.45, 7) is 3.50. The van der Waals surface area contributed by atoms with Crippen molar-refractivity contribution < 1.29 is 4.21 Å². The van der Waals surface area contributed by atoms with Gasteiger partial charge in [0, 0.05) is 43.0 Å². The molecule has 1 saturated carbocycles. The summed E-state index contributed by atoms with van der Waals surface area (Å²) < 4.78 is 21.7. The van der Waals surface area contributed by atoms with E-state index >= 15 is 0 Å². The number of hydrogen-bond donors (Lipinski definition) is 1. The summed E-state index contributed by atoms with van der Waals surface area (Å²) in [6, 6.07) is 4.23. The molecule has 0 bridgehead atoms. The highest BCUT2D eigenvalue weighted by Gasteiger charge is 2.52. The lowest BCUT2D eigenvalue weighted by Gasteiger charge is -2.49. The number of nitrogens with one attached hydrogen (secondary N) is 1. The highest BCUT2D eigenvalue weighted by molar-refractivity contribution is 7.92. The molecule has 2 aliphatic rings. The Morgan fingerprint density at radius 1 is 1.41 bits per heavy atom. The van der Waals surface area contributed by atoms with Crippen LogP contribution in [0.15, 0.2) is 35.3 Å². The van der Waals surface area contributed by atoms with E-state index in [0.29, 0.717) is 26.1 Å². The molecular formula is C19H22N8OS. The van der Waals surface area contributed by atoms with E-state index in [1.165, 1.54) is 6.33 Å². The van der Waals surface area contributed by atoms with E-state index in [0.717, 1.165) is 35.1 Å². The molecule has 4 heterocycles. The molecule has 0 aromatic carbocycles. The zero-order valence-corrected chi connectivity index (χ0v) is 17.0. The maximum atomic E-state index is 13.4. The molecule has 29 heavy (non-hydrogen) atoms. The van der Waals surface area contributed by atoms with Crippen LogP contribution in [0.4, 0.5) is 0 Å². The highest BCUT2D eigenvalue weighted by Crippen LogP contribution is 2.41. The van der Waals surface area contributed by atoms with Crippen molar-refractivity contribution in [3.05, 3.63) is 31.0 Å².